The van der Waals surface area contributed by atoms with Crippen molar-refractivity contribution in [2.45, 2.75) is 31.6 Å². The molecular formula is C19H21F2N3O2S. The summed E-state index contributed by atoms with van der Waals surface area (Å²) in [6.07, 6.45) is 0.161. The third-order valence-corrected chi connectivity index (χ3v) is 7.04. The maximum atomic E-state index is 14.8. The summed E-state index contributed by atoms with van der Waals surface area (Å²) < 4.78 is 53.6. The first-order valence-electron chi connectivity index (χ1n) is 8.85. The van der Waals surface area contributed by atoms with E-state index >= 15 is 0 Å². The SMILES string of the molecule is Cc1ccccc1-c1cccc([C@@H]2C(F)(F)C23CCN(S(N)(=O)=O)CC3)n1. The van der Waals surface area contributed by atoms with Gasteiger partial charge in [0, 0.05) is 18.7 Å². The lowest BCUT2D eigenvalue weighted by Crippen LogP contribution is -2.43. The highest BCUT2D eigenvalue weighted by molar-refractivity contribution is 7.86. The van der Waals surface area contributed by atoms with Crippen molar-refractivity contribution in [3.63, 3.8) is 0 Å². The first kappa shape index (κ1) is 18.5. The number of aryl methyl sites for hydroxylation is 1. The molecular weight excluding hydrogens is 372 g/mol. The highest BCUT2D eigenvalue weighted by Gasteiger charge is 2.81. The smallest absolute Gasteiger partial charge is 0.252 e. The van der Waals surface area contributed by atoms with Crippen LogP contribution in [0.25, 0.3) is 11.3 Å². The lowest BCUT2D eigenvalue weighted by Gasteiger charge is -2.30. The van der Waals surface area contributed by atoms with Crippen molar-refractivity contribution < 1.29 is 17.2 Å². The summed E-state index contributed by atoms with van der Waals surface area (Å²) in [6, 6.07) is 12.9. The lowest BCUT2D eigenvalue weighted by atomic mass is 9.90. The van der Waals surface area contributed by atoms with Gasteiger partial charge in [0.1, 0.15) is 0 Å². The zero-order valence-electron chi connectivity index (χ0n) is 14.9. The predicted octanol–water partition coefficient (Wildman–Crippen LogP) is 3.08. The van der Waals surface area contributed by atoms with Crippen LogP contribution in [0.5, 0.6) is 0 Å². The molecule has 0 radical (unpaired) electrons. The minimum absolute atomic E-state index is 0.0163. The summed E-state index contributed by atoms with van der Waals surface area (Å²) in [5.41, 5.74) is 1.75. The van der Waals surface area contributed by atoms with Crippen LogP contribution < -0.4 is 5.14 Å². The molecule has 0 bridgehead atoms. The Kier molecular flexibility index (Phi) is 4.14. The topological polar surface area (TPSA) is 76.3 Å². The van der Waals surface area contributed by atoms with E-state index in [1.165, 1.54) is 0 Å². The van der Waals surface area contributed by atoms with Crippen LogP contribution >= 0.6 is 0 Å². The van der Waals surface area contributed by atoms with Crippen molar-refractivity contribution in [1.82, 2.24) is 9.29 Å². The summed E-state index contributed by atoms with van der Waals surface area (Å²) >= 11 is 0. The molecule has 0 unspecified atom stereocenters. The molecule has 1 saturated heterocycles. The van der Waals surface area contributed by atoms with E-state index in [9.17, 15) is 17.2 Å². The number of halogens is 2. The largest absolute Gasteiger partial charge is 0.276 e. The van der Waals surface area contributed by atoms with E-state index in [4.69, 9.17) is 5.14 Å². The van der Waals surface area contributed by atoms with Crippen molar-refractivity contribution in [2.75, 3.05) is 13.1 Å². The maximum absolute atomic E-state index is 14.8. The molecule has 27 heavy (non-hydrogen) atoms. The van der Waals surface area contributed by atoms with Gasteiger partial charge in [0.2, 0.25) is 0 Å². The van der Waals surface area contributed by atoms with Gasteiger partial charge in [-0.05, 0) is 37.5 Å². The first-order chi connectivity index (χ1) is 12.7. The summed E-state index contributed by atoms with van der Waals surface area (Å²) in [7, 11) is -3.84. The Morgan fingerprint density at radius 1 is 1.11 bits per heavy atom. The van der Waals surface area contributed by atoms with Gasteiger partial charge in [0.25, 0.3) is 16.1 Å². The van der Waals surface area contributed by atoms with Gasteiger partial charge in [0.15, 0.2) is 0 Å². The number of benzene rings is 1. The number of hydrogen-bond acceptors (Lipinski definition) is 3. The maximum Gasteiger partial charge on any atom is 0.276 e. The highest BCUT2D eigenvalue weighted by atomic mass is 32.2. The Bertz CT molecular complexity index is 986. The molecule has 8 heteroatoms. The van der Waals surface area contributed by atoms with Crippen LogP contribution in [-0.2, 0) is 10.2 Å². The van der Waals surface area contributed by atoms with E-state index in [0.29, 0.717) is 11.4 Å². The van der Waals surface area contributed by atoms with Crippen molar-refractivity contribution in [2.24, 2.45) is 10.6 Å². The van der Waals surface area contributed by atoms with Gasteiger partial charge in [-0.1, -0.05) is 30.3 Å². The Hall–Kier alpha value is -1.90. The fourth-order valence-corrected chi connectivity index (χ4v) is 5.05. The molecule has 1 spiro atoms. The zero-order chi connectivity index (χ0) is 19.4. The quantitative estimate of drug-likeness (QED) is 0.871. The van der Waals surface area contributed by atoms with Crippen molar-refractivity contribution in [1.29, 1.82) is 0 Å². The number of pyridine rings is 1. The minimum atomic E-state index is -3.84. The first-order valence-corrected chi connectivity index (χ1v) is 10.4. The molecule has 2 aliphatic rings. The van der Waals surface area contributed by atoms with Gasteiger partial charge in [-0.25, -0.2) is 13.9 Å². The van der Waals surface area contributed by atoms with Gasteiger partial charge in [0.05, 0.1) is 22.7 Å². The fourth-order valence-electron chi connectivity index (χ4n) is 4.36. The number of piperidine rings is 1. The molecule has 1 aromatic heterocycles. The molecule has 4 rings (SSSR count). The molecule has 1 aliphatic carbocycles. The average molecular weight is 393 g/mol. The second kappa shape index (κ2) is 6.05. The highest BCUT2D eigenvalue weighted by Crippen LogP contribution is 2.75. The van der Waals surface area contributed by atoms with Crippen LogP contribution in [0.4, 0.5) is 8.78 Å². The van der Waals surface area contributed by atoms with Gasteiger partial charge in [-0.15, -0.1) is 0 Å². The normalized spacial score (nSPS) is 24.1. The van der Waals surface area contributed by atoms with Crippen LogP contribution in [0.15, 0.2) is 42.5 Å². The van der Waals surface area contributed by atoms with Gasteiger partial charge < -0.3 is 0 Å². The van der Waals surface area contributed by atoms with Crippen molar-refractivity contribution in [3.05, 3.63) is 53.7 Å². The van der Waals surface area contributed by atoms with E-state index in [0.717, 1.165) is 15.4 Å². The van der Waals surface area contributed by atoms with Crippen LogP contribution in [0.1, 0.15) is 30.0 Å². The molecule has 0 amide bonds. The van der Waals surface area contributed by atoms with Crippen LogP contribution in [-0.4, -0.2) is 36.7 Å². The monoisotopic (exact) mass is 393 g/mol. The lowest BCUT2D eigenvalue weighted by molar-refractivity contribution is 0.0412. The molecule has 2 aromatic rings. The minimum Gasteiger partial charge on any atom is -0.252 e. The number of nitrogens with two attached hydrogens (primary N) is 1. The molecule has 1 atom stereocenters. The average Bonchev–Trinajstić information content (AvgIpc) is 3.08. The molecule has 2 heterocycles. The number of nitrogens with zero attached hydrogens (tertiary/aromatic N) is 2. The standard InChI is InChI=1S/C19H21F2N3O2S/c1-13-5-2-3-6-14(13)15-7-4-8-16(23-15)17-18(19(17,20)21)9-11-24(12-10-18)27(22,25)26/h2-8,17H,9-12H2,1H3,(H2,22,25,26)/t17-/m0/s1. The number of aromatic nitrogens is 1. The van der Waals surface area contributed by atoms with Crippen molar-refractivity contribution in [3.8, 4) is 11.3 Å². The molecule has 2 N–H and O–H groups in total. The predicted molar refractivity (Wildman–Crippen MR) is 98.4 cm³/mol. The third-order valence-electron chi connectivity index (χ3n) is 5.96. The molecule has 1 aliphatic heterocycles. The summed E-state index contributed by atoms with van der Waals surface area (Å²) in [5.74, 6) is -3.88. The Balaban J connectivity index is 1.63. The van der Waals surface area contributed by atoms with E-state index in [2.05, 4.69) is 4.98 Å². The summed E-state index contributed by atoms with van der Waals surface area (Å²) in [4.78, 5) is 4.54. The number of hydrogen-bond donors (Lipinski definition) is 1. The van der Waals surface area contributed by atoms with Crippen molar-refractivity contribution >= 4 is 10.2 Å². The van der Waals surface area contributed by atoms with Gasteiger partial charge >= 0.3 is 0 Å². The Morgan fingerprint density at radius 2 is 1.78 bits per heavy atom. The molecule has 5 nitrogen and oxygen atoms in total. The Labute approximate surface area is 157 Å². The van der Waals surface area contributed by atoms with E-state index in [1.807, 2.05) is 37.3 Å². The molecule has 2 fully saturated rings. The molecule has 1 aromatic carbocycles. The van der Waals surface area contributed by atoms with E-state index in [-0.39, 0.29) is 25.9 Å². The Morgan fingerprint density at radius 3 is 2.41 bits per heavy atom. The molecule has 1 saturated carbocycles. The summed E-state index contributed by atoms with van der Waals surface area (Å²) in [6.45, 7) is 1.99. The summed E-state index contributed by atoms with van der Waals surface area (Å²) in [5, 5.41) is 5.13. The second-order valence-electron chi connectivity index (χ2n) is 7.42. The molecule has 144 valence electrons. The van der Waals surface area contributed by atoms with E-state index < -0.39 is 27.5 Å². The number of rotatable bonds is 3. The van der Waals surface area contributed by atoms with Crippen LogP contribution in [0.2, 0.25) is 0 Å². The van der Waals surface area contributed by atoms with Gasteiger partial charge in [-0.3, -0.25) is 4.98 Å². The van der Waals surface area contributed by atoms with Crippen LogP contribution in [0.3, 0.4) is 0 Å². The third kappa shape index (κ3) is 2.86. The zero-order valence-corrected chi connectivity index (χ0v) is 15.7. The van der Waals surface area contributed by atoms with E-state index in [1.54, 1.807) is 12.1 Å². The van der Waals surface area contributed by atoms with Gasteiger partial charge in [-0.2, -0.15) is 12.7 Å². The second-order valence-corrected chi connectivity index (χ2v) is 8.97. The number of alkyl halides is 2. The van der Waals surface area contributed by atoms with Crippen LogP contribution in [0, 0.1) is 12.3 Å². The fraction of sp³-hybridized carbons (Fsp3) is 0.421.